The monoisotopic (exact) mass is 263 g/mol. The number of aromatic nitrogens is 3. The highest BCUT2D eigenvalue weighted by molar-refractivity contribution is 5.83. The highest BCUT2D eigenvalue weighted by atomic mass is 15.4. The van der Waals surface area contributed by atoms with Crippen LogP contribution in [0.4, 0.5) is 0 Å². The average molecular weight is 263 g/mol. The Morgan fingerprint density at radius 3 is 2.90 bits per heavy atom. The summed E-state index contributed by atoms with van der Waals surface area (Å²) in [6.45, 7) is 1.97. The lowest BCUT2D eigenvalue weighted by Gasteiger charge is -1.98. The van der Waals surface area contributed by atoms with Gasteiger partial charge in [0.05, 0.1) is 17.2 Å². The molecule has 98 valence electrons. The smallest absolute Gasteiger partial charge is 0.120 e. The Balaban J connectivity index is 2.01. The van der Waals surface area contributed by atoms with Crippen molar-refractivity contribution in [3.63, 3.8) is 0 Å². The molecule has 0 saturated carbocycles. The van der Waals surface area contributed by atoms with Crippen molar-refractivity contribution in [1.82, 2.24) is 14.2 Å². The first-order valence-electron chi connectivity index (χ1n) is 6.23. The molecule has 0 unspecified atom stereocenters. The third-order valence-electron chi connectivity index (χ3n) is 3.44. The molecule has 5 heteroatoms. The van der Waals surface area contributed by atoms with E-state index in [1.54, 1.807) is 17.2 Å². The van der Waals surface area contributed by atoms with Gasteiger partial charge in [0, 0.05) is 18.3 Å². The van der Waals surface area contributed by atoms with Crippen molar-refractivity contribution < 1.29 is 0 Å². The summed E-state index contributed by atoms with van der Waals surface area (Å²) in [5.74, 6) is 0. The first kappa shape index (κ1) is 12.2. The summed E-state index contributed by atoms with van der Waals surface area (Å²) in [6.07, 6.45) is 3.44. The van der Waals surface area contributed by atoms with Crippen LogP contribution in [0.3, 0.4) is 0 Å². The zero-order valence-electron chi connectivity index (χ0n) is 11.3. The van der Waals surface area contributed by atoms with Crippen molar-refractivity contribution in [3.8, 4) is 6.07 Å². The second-order valence-electron chi connectivity index (χ2n) is 4.56. The second kappa shape index (κ2) is 4.67. The summed E-state index contributed by atoms with van der Waals surface area (Å²) in [5.41, 5.74) is 4.43. The molecule has 3 rings (SSSR count). The summed E-state index contributed by atoms with van der Waals surface area (Å²) >= 11 is 0. The van der Waals surface area contributed by atoms with Crippen LogP contribution in [0.5, 0.6) is 0 Å². The number of nitrogens with zero attached hydrogens (tertiary/aromatic N) is 5. The number of para-hydroxylation sites is 2. The van der Waals surface area contributed by atoms with Crippen molar-refractivity contribution in [2.75, 3.05) is 0 Å². The van der Waals surface area contributed by atoms with Gasteiger partial charge in [-0.25, -0.2) is 9.66 Å². The zero-order valence-corrected chi connectivity index (χ0v) is 11.3. The van der Waals surface area contributed by atoms with Crippen LogP contribution in [-0.2, 0) is 7.05 Å². The lowest BCUT2D eigenvalue weighted by molar-refractivity contribution is 0.864. The molecule has 0 saturated heterocycles. The molecule has 0 amide bonds. The molecular formula is C15H13N5. The Hall–Kier alpha value is -2.87. The van der Waals surface area contributed by atoms with Gasteiger partial charge < -0.3 is 4.57 Å². The lowest BCUT2D eigenvalue weighted by atomic mass is 10.3. The van der Waals surface area contributed by atoms with Gasteiger partial charge in [-0.15, -0.1) is 0 Å². The average Bonchev–Trinajstić information content (AvgIpc) is 3.00. The number of benzene rings is 1. The molecule has 20 heavy (non-hydrogen) atoms. The van der Waals surface area contributed by atoms with Gasteiger partial charge in [0.15, 0.2) is 0 Å². The van der Waals surface area contributed by atoms with E-state index in [1.807, 2.05) is 48.9 Å². The van der Waals surface area contributed by atoms with Crippen LogP contribution in [0.1, 0.15) is 17.0 Å². The fraction of sp³-hybridized carbons (Fsp3) is 0.133. The minimum absolute atomic E-state index is 0.624. The number of rotatable bonds is 2. The van der Waals surface area contributed by atoms with E-state index < -0.39 is 0 Å². The highest BCUT2D eigenvalue weighted by Crippen LogP contribution is 2.13. The van der Waals surface area contributed by atoms with E-state index in [9.17, 15) is 0 Å². The fourth-order valence-corrected chi connectivity index (χ4v) is 2.12. The molecular weight excluding hydrogens is 250 g/mol. The van der Waals surface area contributed by atoms with Crippen LogP contribution in [0.2, 0.25) is 0 Å². The van der Waals surface area contributed by atoms with Crippen molar-refractivity contribution >= 4 is 17.2 Å². The Bertz CT molecular complexity index is 845. The normalized spacial score (nSPS) is 11.2. The van der Waals surface area contributed by atoms with Gasteiger partial charge in [-0.3, -0.25) is 0 Å². The fourth-order valence-electron chi connectivity index (χ4n) is 2.12. The van der Waals surface area contributed by atoms with Crippen molar-refractivity contribution in [3.05, 3.63) is 53.6 Å². The minimum atomic E-state index is 0.624. The number of hydrogen-bond donors (Lipinski definition) is 0. The molecule has 3 aromatic rings. The number of nitriles is 1. The number of fused-ring (bicyclic) bond motifs is 1. The molecule has 0 atom stereocenters. The molecule has 0 bridgehead atoms. The van der Waals surface area contributed by atoms with Crippen LogP contribution < -0.4 is 0 Å². The Labute approximate surface area is 116 Å². The van der Waals surface area contributed by atoms with Gasteiger partial charge in [0.1, 0.15) is 18.1 Å². The van der Waals surface area contributed by atoms with Crippen LogP contribution in [0, 0.1) is 18.3 Å². The molecule has 0 radical (unpaired) electrons. The molecule has 0 fully saturated rings. The van der Waals surface area contributed by atoms with E-state index in [0.717, 1.165) is 22.3 Å². The summed E-state index contributed by atoms with van der Waals surface area (Å²) < 4.78 is 3.58. The van der Waals surface area contributed by atoms with Gasteiger partial charge in [-0.2, -0.15) is 10.4 Å². The van der Waals surface area contributed by atoms with E-state index >= 15 is 0 Å². The Kier molecular flexibility index (Phi) is 2.84. The molecule has 0 spiro atoms. The highest BCUT2D eigenvalue weighted by Gasteiger charge is 2.06. The zero-order chi connectivity index (χ0) is 14.1. The molecule has 2 heterocycles. The minimum Gasteiger partial charge on any atom is -0.339 e. The molecule has 0 aliphatic rings. The topological polar surface area (TPSA) is 58.9 Å². The van der Waals surface area contributed by atoms with Crippen molar-refractivity contribution in [1.29, 1.82) is 5.26 Å². The van der Waals surface area contributed by atoms with Crippen LogP contribution >= 0.6 is 0 Å². The van der Waals surface area contributed by atoms with Crippen LogP contribution in [-0.4, -0.2) is 20.4 Å². The molecule has 0 aliphatic heterocycles. The molecule has 0 N–H and O–H groups in total. The lowest BCUT2D eigenvalue weighted by Crippen LogP contribution is -1.95. The van der Waals surface area contributed by atoms with Gasteiger partial charge in [0.25, 0.3) is 0 Å². The molecule has 5 nitrogen and oxygen atoms in total. The second-order valence-corrected chi connectivity index (χ2v) is 4.56. The Morgan fingerprint density at radius 1 is 1.35 bits per heavy atom. The summed E-state index contributed by atoms with van der Waals surface area (Å²) in [6, 6.07) is 11.8. The predicted octanol–water partition coefficient (Wildman–Crippen LogP) is 2.44. The van der Waals surface area contributed by atoms with E-state index in [2.05, 4.69) is 16.2 Å². The van der Waals surface area contributed by atoms with Gasteiger partial charge >= 0.3 is 0 Å². The predicted molar refractivity (Wildman–Crippen MR) is 77.6 cm³/mol. The maximum atomic E-state index is 9.02. The summed E-state index contributed by atoms with van der Waals surface area (Å²) in [5, 5.41) is 13.4. The molecule has 1 aromatic carbocycles. The maximum Gasteiger partial charge on any atom is 0.120 e. The largest absolute Gasteiger partial charge is 0.339 e. The summed E-state index contributed by atoms with van der Waals surface area (Å²) in [4.78, 5) is 4.28. The van der Waals surface area contributed by atoms with E-state index in [0.29, 0.717) is 5.69 Å². The number of imidazole rings is 1. The molecule has 2 aromatic heterocycles. The first-order chi connectivity index (χ1) is 9.70. The van der Waals surface area contributed by atoms with Crippen molar-refractivity contribution in [2.24, 2.45) is 12.1 Å². The van der Waals surface area contributed by atoms with Crippen LogP contribution in [0.25, 0.3) is 11.0 Å². The van der Waals surface area contributed by atoms with Crippen molar-refractivity contribution in [2.45, 2.75) is 6.92 Å². The molecule has 0 aliphatic carbocycles. The van der Waals surface area contributed by atoms with E-state index in [4.69, 9.17) is 5.26 Å². The third kappa shape index (κ3) is 1.88. The Morgan fingerprint density at radius 2 is 2.15 bits per heavy atom. The third-order valence-corrected chi connectivity index (χ3v) is 3.44. The maximum absolute atomic E-state index is 9.02. The van der Waals surface area contributed by atoms with Crippen LogP contribution in [0.15, 0.2) is 41.8 Å². The SMILES string of the molecule is Cc1c(/C=N\n2cnc3ccccc32)cc(C#N)n1C. The van der Waals surface area contributed by atoms with Gasteiger partial charge in [-0.05, 0) is 25.1 Å². The standard InChI is InChI=1S/C15H13N5/c1-11-12(7-13(8-16)19(11)2)9-18-20-10-17-14-5-3-4-6-15(14)20/h3-7,9-10H,1-2H3/b18-9-. The summed E-state index contributed by atoms with van der Waals surface area (Å²) in [7, 11) is 1.87. The van der Waals surface area contributed by atoms with Gasteiger partial charge in [-0.1, -0.05) is 12.1 Å². The van der Waals surface area contributed by atoms with E-state index in [1.165, 1.54) is 0 Å². The first-order valence-corrected chi connectivity index (χ1v) is 6.23. The quantitative estimate of drug-likeness (QED) is 0.667. The van der Waals surface area contributed by atoms with Gasteiger partial charge in [0.2, 0.25) is 0 Å². The number of hydrogen-bond acceptors (Lipinski definition) is 3. The van der Waals surface area contributed by atoms with E-state index in [-0.39, 0.29) is 0 Å².